The van der Waals surface area contributed by atoms with Gasteiger partial charge in [0.2, 0.25) is 0 Å². The molecule has 0 fully saturated rings. The molecule has 0 aliphatic heterocycles. The minimum Gasteiger partial charge on any atom is -0.392 e. The van der Waals surface area contributed by atoms with E-state index in [-0.39, 0.29) is 12.4 Å². The Labute approximate surface area is 85.0 Å². The first-order chi connectivity index (χ1) is 6.92. The van der Waals surface area contributed by atoms with Crippen LogP contribution in [-0.2, 0) is 6.61 Å². The van der Waals surface area contributed by atoms with Crippen molar-refractivity contribution < 1.29 is 18.3 Å². The lowest BCUT2D eigenvalue weighted by Crippen LogP contribution is -2.22. The van der Waals surface area contributed by atoms with Crippen LogP contribution in [0.2, 0.25) is 0 Å². The number of halogens is 3. The first kappa shape index (κ1) is 11.8. The fourth-order valence-electron chi connectivity index (χ4n) is 1.09. The lowest BCUT2D eigenvalue weighted by atomic mass is 10.2. The summed E-state index contributed by atoms with van der Waals surface area (Å²) in [5, 5.41) is 11.0. The second-order valence-electron chi connectivity index (χ2n) is 3.14. The van der Waals surface area contributed by atoms with E-state index in [0.29, 0.717) is 11.1 Å². The van der Waals surface area contributed by atoms with Crippen LogP contribution >= 0.6 is 0 Å². The number of aryl methyl sites for hydroxylation is 1. The van der Waals surface area contributed by atoms with Gasteiger partial charge >= 0.3 is 6.18 Å². The molecule has 1 heterocycles. The zero-order valence-corrected chi connectivity index (χ0v) is 8.10. The highest BCUT2D eigenvalue weighted by molar-refractivity contribution is 5.44. The molecule has 3 nitrogen and oxygen atoms in total. The van der Waals surface area contributed by atoms with Gasteiger partial charge in [-0.15, -0.1) is 0 Å². The Morgan fingerprint density at radius 3 is 2.60 bits per heavy atom. The summed E-state index contributed by atoms with van der Waals surface area (Å²) in [5.41, 5.74) is 1.15. The maximum absolute atomic E-state index is 11.9. The van der Waals surface area contributed by atoms with Gasteiger partial charge in [0.15, 0.2) is 0 Å². The molecule has 84 valence electrons. The Morgan fingerprint density at radius 1 is 1.47 bits per heavy atom. The Hall–Kier alpha value is -1.30. The molecule has 1 aromatic heterocycles. The van der Waals surface area contributed by atoms with Gasteiger partial charge in [0.25, 0.3) is 0 Å². The van der Waals surface area contributed by atoms with Gasteiger partial charge < -0.3 is 10.4 Å². The van der Waals surface area contributed by atoms with E-state index in [1.807, 2.05) is 0 Å². The molecule has 0 saturated carbocycles. The Kier molecular flexibility index (Phi) is 3.52. The number of aromatic nitrogens is 1. The average Bonchev–Trinajstić information content (AvgIpc) is 2.14. The molecule has 0 atom stereocenters. The van der Waals surface area contributed by atoms with E-state index in [0.717, 1.165) is 0 Å². The molecule has 0 unspecified atom stereocenters. The lowest BCUT2D eigenvalue weighted by Gasteiger charge is -2.11. The predicted octanol–water partition coefficient (Wildman–Crippen LogP) is 1.86. The SMILES string of the molecule is Cc1cc(CO)cnc1NCC(F)(F)F. The summed E-state index contributed by atoms with van der Waals surface area (Å²) in [6.45, 7) is 0.345. The van der Waals surface area contributed by atoms with Crippen molar-refractivity contribution in [3.63, 3.8) is 0 Å². The van der Waals surface area contributed by atoms with Crippen molar-refractivity contribution in [2.75, 3.05) is 11.9 Å². The van der Waals surface area contributed by atoms with Gasteiger partial charge in [-0.3, -0.25) is 0 Å². The molecule has 15 heavy (non-hydrogen) atoms. The van der Waals surface area contributed by atoms with Gasteiger partial charge in [0.1, 0.15) is 12.4 Å². The minimum absolute atomic E-state index is 0.173. The van der Waals surface area contributed by atoms with Crippen molar-refractivity contribution in [1.29, 1.82) is 0 Å². The van der Waals surface area contributed by atoms with Crippen LogP contribution in [0.3, 0.4) is 0 Å². The molecule has 0 aliphatic carbocycles. The molecule has 1 rings (SSSR count). The quantitative estimate of drug-likeness (QED) is 0.817. The number of aliphatic hydroxyl groups is 1. The average molecular weight is 220 g/mol. The number of anilines is 1. The molecule has 0 bridgehead atoms. The standard InChI is InChI=1S/C9H11F3N2O/c1-6-2-7(4-15)3-13-8(6)14-5-9(10,11)12/h2-3,15H,4-5H2,1H3,(H,13,14). The molecule has 0 spiro atoms. The second kappa shape index (κ2) is 4.48. The summed E-state index contributed by atoms with van der Waals surface area (Å²) in [6.07, 6.45) is -2.92. The van der Waals surface area contributed by atoms with E-state index in [4.69, 9.17) is 5.11 Å². The van der Waals surface area contributed by atoms with Crippen molar-refractivity contribution in [2.24, 2.45) is 0 Å². The number of pyridine rings is 1. The van der Waals surface area contributed by atoms with Crippen molar-refractivity contribution in [3.05, 3.63) is 23.4 Å². The van der Waals surface area contributed by atoms with Gasteiger partial charge in [0.05, 0.1) is 6.61 Å². The number of nitrogens with one attached hydrogen (secondary N) is 1. The topological polar surface area (TPSA) is 45.2 Å². The van der Waals surface area contributed by atoms with Crippen LogP contribution < -0.4 is 5.32 Å². The van der Waals surface area contributed by atoms with Gasteiger partial charge in [-0.05, 0) is 24.1 Å². The summed E-state index contributed by atoms with van der Waals surface area (Å²) in [6, 6.07) is 1.59. The zero-order valence-electron chi connectivity index (χ0n) is 8.10. The van der Waals surface area contributed by atoms with Crippen LogP contribution in [0, 0.1) is 6.92 Å². The maximum atomic E-state index is 11.9. The molecular formula is C9H11F3N2O. The molecule has 0 saturated heterocycles. The summed E-state index contributed by atoms with van der Waals surface area (Å²) in [5.74, 6) is 0.185. The molecule has 0 aliphatic rings. The third-order valence-corrected chi connectivity index (χ3v) is 1.77. The molecule has 0 amide bonds. The third kappa shape index (κ3) is 3.75. The smallest absolute Gasteiger partial charge is 0.392 e. The first-order valence-electron chi connectivity index (χ1n) is 4.29. The summed E-state index contributed by atoms with van der Waals surface area (Å²) >= 11 is 0. The van der Waals surface area contributed by atoms with Crippen molar-refractivity contribution in [1.82, 2.24) is 4.98 Å². The lowest BCUT2D eigenvalue weighted by molar-refractivity contribution is -0.115. The monoisotopic (exact) mass is 220 g/mol. The maximum Gasteiger partial charge on any atom is 0.405 e. The summed E-state index contributed by atoms with van der Waals surface area (Å²) in [4.78, 5) is 3.78. The third-order valence-electron chi connectivity index (χ3n) is 1.77. The van der Waals surface area contributed by atoms with E-state index in [2.05, 4.69) is 10.3 Å². The molecule has 0 aromatic carbocycles. The largest absolute Gasteiger partial charge is 0.405 e. The van der Waals surface area contributed by atoms with E-state index in [1.165, 1.54) is 6.20 Å². The Bertz CT molecular complexity index is 339. The molecular weight excluding hydrogens is 209 g/mol. The minimum atomic E-state index is -4.26. The van der Waals surface area contributed by atoms with E-state index < -0.39 is 12.7 Å². The molecule has 1 aromatic rings. The number of nitrogens with zero attached hydrogens (tertiary/aromatic N) is 1. The molecule has 0 radical (unpaired) electrons. The zero-order chi connectivity index (χ0) is 11.5. The van der Waals surface area contributed by atoms with Crippen LogP contribution in [-0.4, -0.2) is 22.8 Å². The molecule has 2 N–H and O–H groups in total. The van der Waals surface area contributed by atoms with Crippen LogP contribution in [0.4, 0.5) is 19.0 Å². The van der Waals surface area contributed by atoms with Crippen LogP contribution in [0.1, 0.15) is 11.1 Å². The first-order valence-corrected chi connectivity index (χ1v) is 4.29. The second-order valence-corrected chi connectivity index (χ2v) is 3.14. The van der Waals surface area contributed by atoms with Gasteiger partial charge in [-0.2, -0.15) is 13.2 Å². The highest BCUT2D eigenvalue weighted by atomic mass is 19.4. The van der Waals surface area contributed by atoms with Crippen LogP contribution in [0.5, 0.6) is 0 Å². The Morgan fingerprint density at radius 2 is 2.13 bits per heavy atom. The van der Waals surface area contributed by atoms with Gasteiger partial charge in [0, 0.05) is 6.20 Å². The molecule has 6 heteroatoms. The van der Waals surface area contributed by atoms with Gasteiger partial charge in [-0.1, -0.05) is 0 Å². The number of aliphatic hydroxyl groups excluding tert-OH is 1. The highest BCUT2D eigenvalue weighted by Gasteiger charge is 2.26. The van der Waals surface area contributed by atoms with Crippen molar-refractivity contribution >= 4 is 5.82 Å². The Balaban J connectivity index is 2.70. The van der Waals surface area contributed by atoms with Gasteiger partial charge in [-0.25, -0.2) is 4.98 Å². The van der Waals surface area contributed by atoms with E-state index in [9.17, 15) is 13.2 Å². The number of hydrogen-bond acceptors (Lipinski definition) is 3. The van der Waals surface area contributed by atoms with Crippen LogP contribution in [0.25, 0.3) is 0 Å². The fourth-order valence-corrected chi connectivity index (χ4v) is 1.09. The van der Waals surface area contributed by atoms with E-state index >= 15 is 0 Å². The van der Waals surface area contributed by atoms with Crippen molar-refractivity contribution in [2.45, 2.75) is 19.7 Å². The summed E-state index contributed by atoms with van der Waals surface area (Å²) < 4.78 is 35.7. The highest BCUT2D eigenvalue weighted by Crippen LogP contribution is 2.18. The number of alkyl halides is 3. The van der Waals surface area contributed by atoms with Crippen LogP contribution in [0.15, 0.2) is 12.3 Å². The number of hydrogen-bond donors (Lipinski definition) is 2. The van der Waals surface area contributed by atoms with E-state index in [1.54, 1.807) is 13.0 Å². The summed E-state index contributed by atoms with van der Waals surface area (Å²) in [7, 11) is 0. The predicted molar refractivity (Wildman–Crippen MR) is 49.4 cm³/mol. The normalized spacial score (nSPS) is 11.5. The fraction of sp³-hybridized carbons (Fsp3) is 0.444. The van der Waals surface area contributed by atoms with Crippen molar-refractivity contribution in [3.8, 4) is 0 Å². The number of rotatable bonds is 3.